The topological polar surface area (TPSA) is 74.3 Å². The first-order valence-corrected chi connectivity index (χ1v) is 4.96. The van der Waals surface area contributed by atoms with Crippen molar-refractivity contribution in [2.45, 2.75) is 0 Å². The first-order chi connectivity index (χ1) is 3.42. The van der Waals surface area contributed by atoms with Crippen LogP contribution >= 0.6 is 0 Å². The minimum absolute atomic E-state index is 0. The Morgan fingerprint density at radius 1 is 1.56 bits per heavy atom. The SMILES string of the molecule is CS(=O)(=O)CS(=O)[O-].[Na+]. The predicted molar refractivity (Wildman–Crippen MR) is 28.6 cm³/mol. The fourth-order valence-electron chi connectivity index (χ4n) is 0.175. The maximum atomic E-state index is 10.0. The Morgan fingerprint density at radius 3 is 1.89 bits per heavy atom. The van der Waals surface area contributed by atoms with Crippen molar-refractivity contribution in [3.05, 3.63) is 0 Å². The minimum Gasteiger partial charge on any atom is -0.772 e. The van der Waals surface area contributed by atoms with Gasteiger partial charge in [-0.1, -0.05) is 0 Å². The minimum atomic E-state index is -3.34. The number of hydrogen-bond donors (Lipinski definition) is 0. The second-order valence-corrected chi connectivity index (χ2v) is 4.75. The Balaban J connectivity index is 0. The van der Waals surface area contributed by atoms with Gasteiger partial charge in [0.2, 0.25) is 0 Å². The molecule has 0 N–H and O–H groups in total. The summed E-state index contributed by atoms with van der Waals surface area (Å²) in [6.45, 7) is 0. The normalized spacial score (nSPS) is 14.0. The van der Waals surface area contributed by atoms with E-state index in [2.05, 4.69) is 0 Å². The van der Waals surface area contributed by atoms with Crippen LogP contribution in [0.1, 0.15) is 0 Å². The zero-order valence-corrected chi connectivity index (χ0v) is 8.79. The molecule has 0 fully saturated rings. The first kappa shape index (κ1) is 12.7. The van der Waals surface area contributed by atoms with Crippen molar-refractivity contribution in [2.75, 3.05) is 11.3 Å². The molecule has 0 aliphatic rings. The van der Waals surface area contributed by atoms with Gasteiger partial charge >= 0.3 is 29.6 Å². The summed E-state index contributed by atoms with van der Waals surface area (Å²) < 4.78 is 39.4. The van der Waals surface area contributed by atoms with Gasteiger partial charge in [-0.3, -0.25) is 4.21 Å². The van der Waals surface area contributed by atoms with Gasteiger partial charge in [-0.25, -0.2) is 8.42 Å². The molecule has 0 saturated carbocycles. The zero-order chi connectivity index (χ0) is 6.78. The molecule has 4 nitrogen and oxygen atoms in total. The standard InChI is InChI=1S/C2H6O4S2.Na/c1-8(5,6)2-7(3)4;/h2H2,1H3,(H,3,4);/q;+1/p-1. The average Bonchev–Trinajstić information content (AvgIpc) is 1.21. The van der Waals surface area contributed by atoms with E-state index in [9.17, 15) is 17.2 Å². The molecule has 0 aliphatic heterocycles. The summed E-state index contributed by atoms with van der Waals surface area (Å²) in [5.41, 5.74) is 0. The summed E-state index contributed by atoms with van der Waals surface area (Å²) >= 11 is -2.47. The summed E-state index contributed by atoms with van der Waals surface area (Å²) in [4.78, 5) is 0. The predicted octanol–water partition coefficient (Wildman–Crippen LogP) is -4.13. The van der Waals surface area contributed by atoms with Crippen LogP contribution in [0, 0.1) is 0 Å². The third-order valence-electron chi connectivity index (χ3n) is 0.310. The molecule has 0 aromatic rings. The summed E-state index contributed by atoms with van der Waals surface area (Å²) in [6.07, 6.45) is 0.864. The van der Waals surface area contributed by atoms with Gasteiger partial charge in [-0.15, -0.1) is 0 Å². The Kier molecular flexibility index (Phi) is 6.80. The number of sulfone groups is 1. The third-order valence-corrected chi connectivity index (χ3v) is 2.79. The van der Waals surface area contributed by atoms with E-state index in [1.807, 2.05) is 0 Å². The molecule has 1 unspecified atom stereocenters. The van der Waals surface area contributed by atoms with Gasteiger partial charge in [0.15, 0.2) is 9.84 Å². The molecule has 50 valence electrons. The molecule has 0 rings (SSSR count). The van der Waals surface area contributed by atoms with E-state index in [1.54, 1.807) is 0 Å². The largest absolute Gasteiger partial charge is 1.00 e. The molecule has 0 radical (unpaired) electrons. The average molecular weight is 180 g/mol. The van der Waals surface area contributed by atoms with Crippen molar-refractivity contribution in [1.82, 2.24) is 0 Å². The summed E-state index contributed by atoms with van der Waals surface area (Å²) in [7, 11) is -3.34. The van der Waals surface area contributed by atoms with E-state index >= 15 is 0 Å². The van der Waals surface area contributed by atoms with E-state index in [0.29, 0.717) is 0 Å². The smallest absolute Gasteiger partial charge is 0.772 e. The molecule has 0 saturated heterocycles. The van der Waals surface area contributed by atoms with Crippen molar-refractivity contribution in [1.29, 1.82) is 0 Å². The van der Waals surface area contributed by atoms with Crippen LogP contribution in [0.3, 0.4) is 0 Å². The van der Waals surface area contributed by atoms with Crippen LogP contribution in [0.2, 0.25) is 0 Å². The molecule has 0 aromatic carbocycles. The maximum absolute atomic E-state index is 10.0. The molecule has 0 bridgehead atoms. The summed E-state index contributed by atoms with van der Waals surface area (Å²) in [6, 6.07) is 0. The Bertz CT molecular complexity index is 183. The van der Waals surface area contributed by atoms with E-state index < -0.39 is 26.0 Å². The molecule has 1 atom stereocenters. The Labute approximate surface area is 78.5 Å². The van der Waals surface area contributed by atoms with Gasteiger partial charge in [-0.05, 0) is 11.1 Å². The quantitative estimate of drug-likeness (QED) is 0.319. The van der Waals surface area contributed by atoms with E-state index in [1.165, 1.54) is 0 Å². The molecule has 0 heterocycles. The Hall–Kier alpha value is 1.06. The van der Waals surface area contributed by atoms with Crippen LogP contribution < -0.4 is 29.6 Å². The molecule has 0 spiro atoms. The van der Waals surface area contributed by atoms with Gasteiger partial charge in [0.1, 0.15) is 5.08 Å². The first-order valence-electron chi connectivity index (χ1n) is 1.65. The number of hydrogen-bond acceptors (Lipinski definition) is 4. The molecule has 0 aliphatic carbocycles. The fraction of sp³-hybridized carbons (Fsp3) is 1.00. The molecule has 7 heteroatoms. The molecule has 0 aromatic heterocycles. The van der Waals surface area contributed by atoms with Gasteiger partial charge in [0.25, 0.3) is 0 Å². The van der Waals surface area contributed by atoms with Gasteiger partial charge in [-0.2, -0.15) is 0 Å². The van der Waals surface area contributed by atoms with Crippen LogP contribution in [-0.2, 0) is 20.9 Å². The monoisotopic (exact) mass is 180 g/mol. The molecular weight excluding hydrogens is 175 g/mol. The van der Waals surface area contributed by atoms with Gasteiger partial charge < -0.3 is 4.55 Å². The molecule has 9 heavy (non-hydrogen) atoms. The van der Waals surface area contributed by atoms with Crippen molar-refractivity contribution in [3.63, 3.8) is 0 Å². The van der Waals surface area contributed by atoms with Crippen molar-refractivity contribution < 1.29 is 46.7 Å². The zero-order valence-electron chi connectivity index (χ0n) is 5.16. The van der Waals surface area contributed by atoms with Crippen LogP contribution in [0.5, 0.6) is 0 Å². The van der Waals surface area contributed by atoms with Crippen LogP contribution in [-0.4, -0.2) is 28.5 Å². The van der Waals surface area contributed by atoms with Gasteiger partial charge in [0, 0.05) is 6.26 Å². The van der Waals surface area contributed by atoms with Gasteiger partial charge in [0.05, 0.1) is 0 Å². The van der Waals surface area contributed by atoms with E-state index in [0.717, 1.165) is 6.26 Å². The second-order valence-electron chi connectivity index (χ2n) is 1.35. The third kappa shape index (κ3) is 12.3. The fourth-order valence-corrected chi connectivity index (χ4v) is 1.57. The molecule has 0 amide bonds. The van der Waals surface area contributed by atoms with Crippen LogP contribution in [0.4, 0.5) is 0 Å². The van der Waals surface area contributed by atoms with Crippen molar-refractivity contribution in [3.8, 4) is 0 Å². The van der Waals surface area contributed by atoms with E-state index in [-0.39, 0.29) is 29.6 Å². The van der Waals surface area contributed by atoms with Crippen molar-refractivity contribution >= 4 is 20.9 Å². The second kappa shape index (κ2) is 4.81. The number of rotatable bonds is 2. The maximum Gasteiger partial charge on any atom is 1.00 e. The van der Waals surface area contributed by atoms with Crippen molar-refractivity contribution in [2.24, 2.45) is 0 Å². The van der Waals surface area contributed by atoms with E-state index in [4.69, 9.17) is 0 Å². The Morgan fingerprint density at radius 2 is 1.89 bits per heavy atom. The molecular formula is C2H5NaO4S2. The van der Waals surface area contributed by atoms with Crippen LogP contribution in [0.15, 0.2) is 0 Å². The summed E-state index contributed by atoms with van der Waals surface area (Å²) in [5, 5.41) is -0.785. The van der Waals surface area contributed by atoms with Crippen LogP contribution in [0.25, 0.3) is 0 Å². The summed E-state index contributed by atoms with van der Waals surface area (Å²) in [5.74, 6) is 0.